The fourth-order valence-electron chi connectivity index (χ4n) is 6.40. The zero-order valence-electron chi connectivity index (χ0n) is 39.8. The molecule has 0 fully saturated rings. The van der Waals surface area contributed by atoms with Gasteiger partial charge in [0, 0.05) is 19.3 Å². The van der Waals surface area contributed by atoms with Crippen LogP contribution >= 0.6 is 0 Å². The zero-order chi connectivity index (χ0) is 45.1. The molecule has 1 atom stereocenters. The van der Waals surface area contributed by atoms with E-state index in [1.54, 1.807) is 0 Å². The van der Waals surface area contributed by atoms with Gasteiger partial charge in [-0.25, -0.2) is 0 Å². The quantitative estimate of drug-likeness (QED) is 0.0200. The predicted octanol–water partition coefficient (Wildman–Crippen LogP) is 16.4. The molecule has 0 heterocycles. The van der Waals surface area contributed by atoms with Crippen molar-refractivity contribution in [2.45, 2.75) is 213 Å². The van der Waals surface area contributed by atoms with Gasteiger partial charge in [0.1, 0.15) is 13.2 Å². The van der Waals surface area contributed by atoms with Gasteiger partial charge in [0.25, 0.3) is 0 Å². The van der Waals surface area contributed by atoms with E-state index in [2.05, 4.69) is 99.8 Å². The number of hydrogen-bond acceptors (Lipinski definition) is 6. The van der Waals surface area contributed by atoms with Crippen molar-refractivity contribution in [3.05, 3.63) is 109 Å². The lowest BCUT2D eigenvalue weighted by atomic mass is 10.1. The van der Waals surface area contributed by atoms with Gasteiger partial charge in [-0.1, -0.05) is 207 Å². The van der Waals surface area contributed by atoms with Crippen molar-refractivity contribution >= 4 is 17.9 Å². The first-order chi connectivity index (χ1) is 30.5. The Hall–Kier alpha value is -3.93. The first-order valence-electron chi connectivity index (χ1n) is 24.9. The average molecular weight is 859 g/mol. The van der Waals surface area contributed by atoms with Crippen LogP contribution in [0.15, 0.2) is 109 Å². The SMILES string of the molecule is CC\C=C/C=C\C=C/C=C\CCCCCCCC(=O)OC(COC(=O)CC/C=C\C/C=C\CCCCCCCC)COC(=O)CCCCCCCC/C=C\C/C=C\C/C=C\CC. The van der Waals surface area contributed by atoms with Crippen LogP contribution in [0, 0.1) is 0 Å². The lowest BCUT2D eigenvalue weighted by molar-refractivity contribution is -0.166. The molecule has 0 saturated heterocycles. The van der Waals surface area contributed by atoms with E-state index in [1.165, 1.54) is 51.4 Å². The maximum absolute atomic E-state index is 12.8. The number of carbonyl (C=O) groups excluding carboxylic acids is 3. The van der Waals surface area contributed by atoms with E-state index in [-0.39, 0.29) is 44.0 Å². The van der Waals surface area contributed by atoms with Gasteiger partial charge in [-0.2, -0.15) is 0 Å². The Kier molecular flexibility index (Phi) is 46.6. The van der Waals surface area contributed by atoms with Gasteiger partial charge in [0.05, 0.1) is 0 Å². The number of unbranched alkanes of at least 4 members (excludes halogenated alkanes) is 17. The van der Waals surface area contributed by atoms with E-state index in [0.717, 1.165) is 109 Å². The molecule has 6 heteroatoms. The summed E-state index contributed by atoms with van der Waals surface area (Å²) in [5, 5.41) is 0. The summed E-state index contributed by atoms with van der Waals surface area (Å²) >= 11 is 0. The van der Waals surface area contributed by atoms with Crippen molar-refractivity contribution in [2.75, 3.05) is 13.2 Å². The predicted molar refractivity (Wildman–Crippen MR) is 265 cm³/mol. The van der Waals surface area contributed by atoms with Gasteiger partial charge >= 0.3 is 17.9 Å². The lowest BCUT2D eigenvalue weighted by Crippen LogP contribution is -2.30. The Morgan fingerprint density at radius 3 is 1.27 bits per heavy atom. The average Bonchev–Trinajstić information content (AvgIpc) is 3.27. The van der Waals surface area contributed by atoms with Crippen molar-refractivity contribution in [2.24, 2.45) is 0 Å². The van der Waals surface area contributed by atoms with Crippen LogP contribution in [-0.4, -0.2) is 37.2 Å². The molecular formula is C56H90O6. The second-order valence-electron chi connectivity index (χ2n) is 16.0. The summed E-state index contributed by atoms with van der Waals surface area (Å²) in [7, 11) is 0. The Morgan fingerprint density at radius 1 is 0.355 bits per heavy atom. The Morgan fingerprint density at radius 2 is 0.742 bits per heavy atom. The maximum Gasteiger partial charge on any atom is 0.306 e. The number of allylic oxidation sites excluding steroid dienone is 18. The number of carbonyl (C=O) groups is 3. The van der Waals surface area contributed by atoms with Gasteiger partial charge in [0.2, 0.25) is 0 Å². The van der Waals surface area contributed by atoms with E-state index in [0.29, 0.717) is 12.8 Å². The van der Waals surface area contributed by atoms with Crippen LogP contribution in [-0.2, 0) is 28.6 Å². The van der Waals surface area contributed by atoms with E-state index < -0.39 is 6.10 Å². The molecule has 62 heavy (non-hydrogen) atoms. The van der Waals surface area contributed by atoms with Crippen LogP contribution in [0.5, 0.6) is 0 Å². The molecule has 0 aliphatic rings. The van der Waals surface area contributed by atoms with Crippen LogP contribution in [0.4, 0.5) is 0 Å². The fourth-order valence-corrected chi connectivity index (χ4v) is 6.40. The standard InChI is InChI=1S/C56H90O6/c1-4-7-10-13-16-19-22-25-27-29-31-34-37-40-43-46-49-55(58)61-52-53(51-60-54(57)48-45-42-39-36-33-30-24-21-18-15-12-9-6-3)62-56(59)50-47-44-41-38-35-32-28-26-23-20-17-14-11-8-5-2/h7-8,10-11,14,16-17,19-20,23,25-28,30,33,39,42,53H,4-6,9,12-13,15,18,21-22,24,29,31-32,34-38,40-41,43-52H2,1-3H3/b10-7-,11-8-,17-14-,19-16-,23-20-,27-25-,28-26-,33-30-,42-39-. The zero-order valence-corrected chi connectivity index (χ0v) is 39.8. The van der Waals surface area contributed by atoms with Gasteiger partial charge < -0.3 is 14.2 Å². The van der Waals surface area contributed by atoms with Crippen LogP contribution in [0.2, 0.25) is 0 Å². The van der Waals surface area contributed by atoms with E-state index in [9.17, 15) is 14.4 Å². The summed E-state index contributed by atoms with van der Waals surface area (Å²) < 4.78 is 16.7. The molecule has 0 N–H and O–H groups in total. The van der Waals surface area contributed by atoms with Gasteiger partial charge in [-0.3, -0.25) is 14.4 Å². The monoisotopic (exact) mass is 859 g/mol. The summed E-state index contributed by atoms with van der Waals surface area (Å²) in [5.41, 5.74) is 0. The summed E-state index contributed by atoms with van der Waals surface area (Å²) in [6.07, 6.45) is 66.5. The molecule has 0 rings (SSSR count). The third-order valence-corrected chi connectivity index (χ3v) is 10.1. The summed E-state index contributed by atoms with van der Waals surface area (Å²) in [4.78, 5) is 37.9. The van der Waals surface area contributed by atoms with Crippen LogP contribution in [0.1, 0.15) is 207 Å². The third kappa shape index (κ3) is 47.1. The molecule has 0 aliphatic heterocycles. The largest absolute Gasteiger partial charge is 0.462 e. The molecule has 0 aromatic rings. The molecule has 0 radical (unpaired) electrons. The minimum absolute atomic E-state index is 0.114. The first-order valence-corrected chi connectivity index (χ1v) is 24.9. The molecule has 0 aliphatic carbocycles. The molecule has 0 amide bonds. The number of rotatable bonds is 43. The molecule has 0 aromatic carbocycles. The number of hydrogen-bond donors (Lipinski definition) is 0. The van der Waals surface area contributed by atoms with Crippen LogP contribution in [0.25, 0.3) is 0 Å². The molecular weight excluding hydrogens is 769 g/mol. The lowest BCUT2D eigenvalue weighted by Gasteiger charge is -2.18. The topological polar surface area (TPSA) is 78.9 Å². The van der Waals surface area contributed by atoms with Gasteiger partial charge in [-0.05, 0) is 89.9 Å². The van der Waals surface area contributed by atoms with Crippen molar-refractivity contribution in [1.29, 1.82) is 0 Å². The Bertz CT molecular complexity index is 1310. The minimum atomic E-state index is -0.820. The molecule has 0 saturated carbocycles. The normalized spacial score (nSPS) is 13.0. The van der Waals surface area contributed by atoms with E-state index >= 15 is 0 Å². The van der Waals surface area contributed by atoms with Gasteiger partial charge in [-0.15, -0.1) is 0 Å². The number of esters is 3. The fraction of sp³-hybridized carbons (Fsp3) is 0.625. The third-order valence-electron chi connectivity index (χ3n) is 10.1. The molecule has 350 valence electrons. The van der Waals surface area contributed by atoms with E-state index in [4.69, 9.17) is 14.2 Å². The minimum Gasteiger partial charge on any atom is -0.462 e. The molecule has 0 aromatic heterocycles. The summed E-state index contributed by atoms with van der Waals surface area (Å²) in [6.45, 7) is 6.28. The smallest absolute Gasteiger partial charge is 0.306 e. The van der Waals surface area contributed by atoms with Crippen molar-refractivity contribution in [3.63, 3.8) is 0 Å². The molecule has 0 bridgehead atoms. The van der Waals surface area contributed by atoms with Crippen molar-refractivity contribution < 1.29 is 28.6 Å². The highest BCUT2D eigenvalue weighted by Gasteiger charge is 2.19. The first kappa shape index (κ1) is 58.1. The van der Waals surface area contributed by atoms with E-state index in [1.807, 2.05) is 30.4 Å². The number of ether oxygens (including phenoxy) is 3. The van der Waals surface area contributed by atoms with Crippen LogP contribution in [0.3, 0.4) is 0 Å². The summed E-state index contributed by atoms with van der Waals surface area (Å²) in [6, 6.07) is 0. The molecule has 0 spiro atoms. The molecule has 1 unspecified atom stereocenters. The highest BCUT2D eigenvalue weighted by Crippen LogP contribution is 2.13. The highest BCUT2D eigenvalue weighted by molar-refractivity contribution is 5.71. The maximum atomic E-state index is 12.8. The van der Waals surface area contributed by atoms with Gasteiger partial charge in [0.15, 0.2) is 6.10 Å². The summed E-state index contributed by atoms with van der Waals surface area (Å²) in [5.74, 6) is -1.03. The van der Waals surface area contributed by atoms with Crippen molar-refractivity contribution in [1.82, 2.24) is 0 Å². The highest BCUT2D eigenvalue weighted by atomic mass is 16.6. The van der Waals surface area contributed by atoms with Crippen LogP contribution < -0.4 is 0 Å². The van der Waals surface area contributed by atoms with Crippen molar-refractivity contribution in [3.8, 4) is 0 Å². The Labute approximate surface area is 380 Å². The second kappa shape index (κ2) is 49.7. The molecule has 6 nitrogen and oxygen atoms in total. The Balaban J connectivity index is 4.53. The second-order valence-corrected chi connectivity index (χ2v) is 16.0.